The molecule has 0 bridgehead atoms. The zero-order valence-electron chi connectivity index (χ0n) is 33.5. The molecule has 2 nitrogen and oxygen atoms in total. The second-order valence-electron chi connectivity index (χ2n) is 15.8. The number of thiophene rings is 1. The molecule has 4 heteroatoms. The predicted molar refractivity (Wildman–Crippen MR) is 267 cm³/mol. The van der Waals surface area contributed by atoms with Gasteiger partial charge in [-0.05, 0) is 99.9 Å². The van der Waals surface area contributed by atoms with Crippen LogP contribution in [0.25, 0.3) is 91.8 Å². The van der Waals surface area contributed by atoms with Crippen molar-refractivity contribution in [2.24, 2.45) is 0 Å². The maximum absolute atomic E-state index is 7.29. The van der Waals surface area contributed by atoms with Gasteiger partial charge in [0.1, 0.15) is 0 Å². The van der Waals surface area contributed by atoms with Crippen LogP contribution < -0.4 is 4.90 Å². The lowest BCUT2D eigenvalue weighted by Crippen LogP contribution is -2.10. The highest BCUT2D eigenvalue weighted by Crippen LogP contribution is 2.50. The third kappa shape index (κ3) is 6.09. The number of hydrogen-bond acceptors (Lipinski definition) is 2. The normalized spacial score (nSPS) is 11.6. The average Bonchev–Trinajstić information content (AvgIpc) is 3.89. The topological polar surface area (TPSA) is 8.17 Å². The van der Waals surface area contributed by atoms with E-state index in [1.165, 1.54) is 75.0 Å². The van der Waals surface area contributed by atoms with Gasteiger partial charge in [-0.2, -0.15) is 0 Å². The van der Waals surface area contributed by atoms with Crippen LogP contribution in [0.15, 0.2) is 224 Å². The molecule has 12 aromatic rings. The summed E-state index contributed by atoms with van der Waals surface area (Å²) in [6, 6.07) is 80.8. The molecular weight excluding hydrogens is 792 g/mol. The molecule has 0 saturated carbocycles. The Labute approximate surface area is 368 Å². The molecule has 0 amide bonds. The minimum absolute atomic E-state index is 0.677. The molecule has 0 saturated heterocycles. The molecule has 12 rings (SSSR count). The molecule has 0 aliphatic heterocycles. The van der Waals surface area contributed by atoms with Crippen LogP contribution in [0.5, 0.6) is 0 Å². The monoisotopic (exact) mass is 828 g/mol. The molecule has 2 aromatic heterocycles. The Morgan fingerprint density at radius 3 is 1.61 bits per heavy atom. The fraction of sp³-hybridized carbons (Fsp3) is 0. The molecule has 0 unspecified atom stereocenters. The molecule has 10 aromatic carbocycles. The van der Waals surface area contributed by atoms with Crippen molar-refractivity contribution in [2.75, 3.05) is 4.90 Å². The molecule has 2 heterocycles. The smallest absolute Gasteiger partial charge is 0.0634 e. The Kier molecular flexibility index (Phi) is 8.77. The maximum Gasteiger partial charge on any atom is 0.0634 e. The van der Waals surface area contributed by atoms with E-state index in [0.29, 0.717) is 5.02 Å². The molecule has 0 spiro atoms. The molecule has 0 fully saturated rings. The van der Waals surface area contributed by atoms with Crippen LogP contribution in [0.1, 0.15) is 0 Å². The Hall–Kier alpha value is -7.43. The zero-order chi connectivity index (χ0) is 41.1. The molecule has 292 valence electrons. The number of halogens is 1. The number of aromatic nitrogens is 1. The quantitative estimate of drug-likeness (QED) is 0.155. The van der Waals surface area contributed by atoms with E-state index in [4.69, 9.17) is 11.6 Å². The van der Waals surface area contributed by atoms with Gasteiger partial charge in [-0.1, -0.05) is 169 Å². The third-order valence-corrected chi connectivity index (χ3v) is 13.6. The lowest BCUT2D eigenvalue weighted by molar-refractivity contribution is 1.19. The molecule has 0 atom stereocenters. The van der Waals surface area contributed by atoms with Gasteiger partial charge in [0.15, 0.2) is 0 Å². The van der Waals surface area contributed by atoms with Crippen molar-refractivity contribution in [3.8, 4) is 39.1 Å². The van der Waals surface area contributed by atoms with Crippen molar-refractivity contribution in [2.45, 2.75) is 0 Å². The lowest BCUT2D eigenvalue weighted by Gasteiger charge is -2.27. The fourth-order valence-corrected chi connectivity index (χ4v) is 10.8. The minimum atomic E-state index is 0.677. The van der Waals surface area contributed by atoms with Crippen LogP contribution in [0.2, 0.25) is 5.02 Å². The first-order valence-corrected chi connectivity index (χ1v) is 22.1. The van der Waals surface area contributed by atoms with Crippen molar-refractivity contribution in [3.05, 3.63) is 229 Å². The van der Waals surface area contributed by atoms with Crippen molar-refractivity contribution < 1.29 is 0 Å². The van der Waals surface area contributed by atoms with Gasteiger partial charge in [-0.15, -0.1) is 11.3 Å². The van der Waals surface area contributed by atoms with Crippen LogP contribution in [-0.2, 0) is 0 Å². The van der Waals surface area contributed by atoms with Crippen molar-refractivity contribution in [1.82, 2.24) is 4.57 Å². The number of benzene rings is 10. The number of para-hydroxylation sites is 1. The summed E-state index contributed by atoms with van der Waals surface area (Å²) < 4.78 is 5.00. The van der Waals surface area contributed by atoms with E-state index < -0.39 is 0 Å². The number of hydrogen-bond donors (Lipinski definition) is 0. The van der Waals surface area contributed by atoms with Gasteiger partial charge < -0.3 is 9.47 Å². The summed E-state index contributed by atoms with van der Waals surface area (Å²) in [4.78, 5) is 2.33. The van der Waals surface area contributed by atoms with Crippen molar-refractivity contribution in [3.63, 3.8) is 0 Å². The maximum atomic E-state index is 7.29. The molecule has 0 radical (unpaired) electrons. The van der Waals surface area contributed by atoms with Gasteiger partial charge in [-0.25, -0.2) is 0 Å². The van der Waals surface area contributed by atoms with Crippen LogP contribution in [0.4, 0.5) is 17.1 Å². The van der Waals surface area contributed by atoms with Gasteiger partial charge in [-0.3, -0.25) is 0 Å². The zero-order valence-corrected chi connectivity index (χ0v) is 35.1. The number of anilines is 3. The van der Waals surface area contributed by atoms with Crippen LogP contribution in [0, 0.1) is 0 Å². The number of fused-ring (bicyclic) bond motifs is 9. The second kappa shape index (κ2) is 14.9. The highest BCUT2D eigenvalue weighted by atomic mass is 35.5. The van der Waals surface area contributed by atoms with E-state index in [2.05, 4.69) is 234 Å². The Balaban J connectivity index is 1.11. The number of nitrogens with zero attached hydrogens (tertiary/aromatic N) is 2. The highest BCUT2D eigenvalue weighted by Gasteiger charge is 2.24. The summed E-state index contributed by atoms with van der Waals surface area (Å²) in [6.07, 6.45) is 0. The second-order valence-corrected chi connectivity index (χ2v) is 17.3. The van der Waals surface area contributed by atoms with Gasteiger partial charge in [0.25, 0.3) is 0 Å². The van der Waals surface area contributed by atoms with E-state index in [0.717, 1.165) is 33.9 Å². The summed E-state index contributed by atoms with van der Waals surface area (Å²) in [5, 5.41) is 8.08. The first-order chi connectivity index (χ1) is 30.7. The SMILES string of the molecule is Clc1cc(-c2cc3c4ccc5ccccc5c4n(-c4ccccc4)c3c3c2sc2ccccc23)cc(N(c2ccc(-c3ccccc3)cc2)c2ccc(-c3ccccc3)cc2)c1. The summed E-state index contributed by atoms with van der Waals surface area (Å²) in [7, 11) is 0. The highest BCUT2D eigenvalue weighted by molar-refractivity contribution is 7.26. The lowest BCUT2D eigenvalue weighted by atomic mass is 9.97. The van der Waals surface area contributed by atoms with Crippen LogP contribution >= 0.6 is 22.9 Å². The van der Waals surface area contributed by atoms with E-state index in [1.807, 2.05) is 11.3 Å². The Morgan fingerprint density at radius 2 is 0.952 bits per heavy atom. The molecule has 0 N–H and O–H groups in total. The average molecular weight is 829 g/mol. The van der Waals surface area contributed by atoms with Crippen molar-refractivity contribution in [1.29, 1.82) is 0 Å². The van der Waals surface area contributed by atoms with Crippen LogP contribution in [0.3, 0.4) is 0 Å². The summed E-state index contributed by atoms with van der Waals surface area (Å²) in [6.45, 7) is 0. The van der Waals surface area contributed by atoms with Gasteiger partial charge in [0.05, 0.1) is 11.0 Å². The summed E-state index contributed by atoms with van der Waals surface area (Å²) >= 11 is 9.15. The minimum Gasteiger partial charge on any atom is -0.310 e. The third-order valence-electron chi connectivity index (χ3n) is 12.2. The summed E-state index contributed by atoms with van der Waals surface area (Å²) in [5.74, 6) is 0. The predicted octanol–water partition coefficient (Wildman–Crippen LogP) is 17.4. The largest absolute Gasteiger partial charge is 0.310 e. The first-order valence-electron chi connectivity index (χ1n) is 20.9. The first kappa shape index (κ1) is 36.4. The molecule has 0 aliphatic carbocycles. The number of rotatable bonds is 7. The standard InChI is InChI=1S/C58H37ClN2S/c59-44-34-43(35-48(36-44)60(46-29-24-40(25-30-46)38-14-4-1-5-15-38)47-31-26-41(27-32-47)39-16-6-2-7-17-39)52-37-53-50-33-28-42-18-10-11-21-49(42)56(50)61(45-19-8-3-9-20-45)57(53)55-51-22-12-13-23-54(51)62-58(52)55/h1-37H. The van der Waals surface area contributed by atoms with Crippen LogP contribution in [-0.4, -0.2) is 4.57 Å². The van der Waals surface area contributed by atoms with Crippen molar-refractivity contribution >= 4 is 92.8 Å². The Bertz CT molecular complexity index is 3530. The van der Waals surface area contributed by atoms with E-state index in [1.54, 1.807) is 0 Å². The van der Waals surface area contributed by atoms with Gasteiger partial charge >= 0.3 is 0 Å². The van der Waals surface area contributed by atoms with E-state index >= 15 is 0 Å². The van der Waals surface area contributed by atoms with E-state index in [9.17, 15) is 0 Å². The molecule has 0 aliphatic rings. The fourth-order valence-electron chi connectivity index (χ4n) is 9.37. The summed E-state index contributed by atoms with van der Waals surface area (Å²) in [5.41, 5.74) is 13.6. The van der Waals surface area contributed by atoms with Gasteiger partial charge in [0, 0.05) is 69.7 Å². The Morgan fingerprint density at radius 1 is 0.387 bits per heavy atom. The van der Waals surface area contributed by atoms with Gasteiger partial charge in [0.2, 0.25) is 0 Å². The van der Waals surface area contributed by atoms with E-state index in [-0.39, 0.29) is 0 Å². The molecular formula is C58H37ClN2S. The molecule has 62 heavy (non-hydrogen) atoms.